The highest BCUT2D eigenvalue weighted by Gasteiger charge is 2.24. The lowest BCUT2D eigenvalue weighted by atomic mass is 9.94. The molecule has 2 N–H and O–H groups in total. The maximum atomic E-state index is 12.1. The van der Waals surface area contributed by atoms with E-state index in [4.69, 9.17) is 0 Å². The summed E-state index contributed by atoms with van der Waals surface area (Å²) >= 11 is 0. The normalized spacial score (nSPS) is 24.2. The zero-order valence-electron chi connectivity index (χ0n) is 11.3. The molecule has 1 aliphatic rings. The van der Waals surface area contributed by atoms with Crippen molar-refractivity contribution in [2.24, 2.45) is 5.92 Å². The standard InChI is InChI=1S/C13H22N4O/c1-9(2)17-8-11(7-15-17)16-13(18)12-6-10(3)4-5-14-12/h7-10,12,14H,4-6H2,1-3H3,(H,16,18). The molecular formula is C13H22N4O. The van der Waals surface area contributed by atoms with Crippen molar-refractivity contribution in [1.29, 1.82) is 0 Å². The van der Waals surface area contributed by atoms with E-state index in [0.717, 1.165) is 25.1 Å². The molecule has 2 atom stereocenters. The van der Waals surface area contributed by atoms with Crippen LogP contribution in [0.4, 0.5) is 5.69 Å². The summed E-state index contributed by atoms with van der Waals surface area (Å²) in [4.78, 5) is 12.1. The van der Waals surface area contributed by atoms with Crippen LogP contribution in [0.5, 0.6) is 0 Å². The third kappa shape index (κ3) is 3.10. The van der Waals surface area contributed by atoms with E-state index in [0.29, 0.717) is 12.0 Å². The fourth-order valence-corrected chi connectivity index (χ4v) is 2.22. The van der Waals surface area contributed by atoms with E-state index in [-0.39, 0.29) is 11.9 Å². The van der Waals surface area contributed by atoms with E-state index in [2.05, 4.69) is 36.5 Å². The molecule has 2 unspecified atom stereocenters. The third-order valence-electron chi connectivity index (χ3n) is 3.38. The van der Waals surface area contributed by atoms with Crippen LogP contribution in [0, 0.1) is 5.92 Å². The van der Waals surface area contributed by atoms with Crippen molar-refractivity contribution < 1.29 is 4.79 Å². The number of hydrogen-bond acceptors (Lipinski definition) is 3. The highest BCUT2D eigenvalue weighted by atomic mass is 16.2. The minimum atomic E-state index is -0.0730. The zero-order chi connectivity index (χ0) is 13.1. The SMILES string of the molecule is CC1CCNC(C(=O)Nc2cnn(C(C)C)c2)C1. The molecule has 0 saturated carbocycles. The van der Waals surface area contributed by atoms with Gasteiger partial charge in [-0.05, 0) is 39.2 Å². The topological polar surface area (TPSA) is 59.0 Å². The van der Waals surface area contributed by atoms with Gasteiger partial charge in [0.2, 0.25) is 5.91 Å². The van der Waals surface area contributed by atoms with Crippen molar-refractivity contribution in [2.75, 3.05) is 11.9 Å². The summed E-state index contributed by atoms with van der Waals surface area (Å²) in [5.74, 6) is 0.658. The number of nitrogens with zero attached hydrogens (tertiary/aromatic N) is 2. The summed E-state index contributed by atoms with van der Waals surface area (Å²) in [5, 5.41) is 10.4. The fraction of sp³-hybridized carbons (Fsp3) is 0.692. The first kappa shape index (κ1) is 13.1. The number of nitrogens with one attached hydrogen (secondary N) is 2. The van der Waals surface area contributed by atoms with Gasteiger partial charge in [-0.15, -0.1) is 0 Å². The molecule has 0 aromatic carbocycles. The van der Waals surface area contributed by atoms with Crippen LogP contribution in [0.2, 0.25) is 0 Å². The van der Waals surface area contributed by atoms with E-state index < -0.39 is 0 Å². The third-order valence-corrected chi connectivity index (χ3v) is 3.38. The number of amides is 1. The van der Waals surface area contributed by atoms with Crippen LogP contribution in [0.25, 0.3) is 0 Å². The van der Waals surface area contributed by atoms with Gasteiger partial charge in [-0.3, -0.25) is 9.48 Å². The number of anilines is 1. The average Bonchev–Trinajstić information content (AvgIpc) is 2.77. The minimum Gasteiger partial charge on any atom is -0.322 e. The zero-order valence-corrected chi connectivity index (χ0v) is 11.3. The number of piperidine rings is 1. The van der Waals surface area contributed by atoms with Gasteiger partial charge in [0.15, 0.2) is 0 Å². The van der Waals surface area contributed by atoms with Crippen molar-refractivity contribution >= 4 is 11.6 Å². The van der Waals surface area contributed by atoms with Crippen LogP contribution in [-0.2, 0) is 4.79 Å². The largest absolute Gasteiger partial charge is 0.322 e. The van der Waals surface area contributed by atoms with Gasteiger partial charge >= 0.3 is 0 Å². The van der Waals surface area contributed by atoms with Gasteiger partial charge in [-0.25, -0.2) is 0 Å². The first-order valence-electron chi connectivity index (χ1n) is 6.64. The Morgan fingerprint density at radius 2 is 2.39 bits per heavy atom. The molecule has 1 aliphatic heterocycles. The molecule has 18 heavy (non-hydrogen) atoms. The van der Waals surface area contributed by atoms with E-state index in [1.165, 1.54) is 0 Å². The van der Waals surface area contributed by atoms with Crippen LogP contribution in [0.1, 0.15) is 39.7 Å². The summed E-state index contributed by atoms with van der Waals surface area (Å²) in [6.45, 7) is 7.23. The van der Waals surface area contributed by atoms with Crippen molar-refractivity contribution in [3.05, 3.63) is 12.4 Å². The van der Waals surface area contributed by atoms with E-state index in [9.17, 15) is 4.79 Å². The predicted molar refractivity (Wildman–Crippen MR) is 71.4 cm³/mol. The molecule has 0 spiro atoms. The van der Waals surface area contributed by atoms with Gasteiger partial charge in [0.1, 0.15) is 0 Å². The summed E-state index contributed by atoms with van der Waals surface area (Å²) in [6.07, 6.45) is 5.62. The lowest BCUT2D eigenvalue weighted by molar-refractivity contribution is -0.119. The minimum absolute atomic E-state index is 0.0462. The van der Waals surface area contributed by atoms with Gasteiger partial charge in [0.25, 0.3) is 0 Å². The Kier molecular flexibility index (Phi) is 4.01. The van der Waals surface area contributed by atoms with E-state index >= 15 is 0 Å². The quantitative estimate of drug-likeness (QED) is 0.860. The second kappa shape index (κ2) is 5.52. The van der Waals surface area contributed by atoms with Crippen molar-refractivity contribution in [3.63, 3.8) is 0 Å². The monoisotopic (exact) mass is 250 g/mol. The average molecular weight is 250 g/mol. The van der Waals surface area contributed by atoms with Gasteiger partial charge < -0.3 is 10.6 Å². The predicted octanol–water partition coefficient (Wildman–Crippen LogP) is 1.79. The van der Waals surface area contributed by atoms with Crippen LogP contribution >= 0.6 is 0 Å². The van der Waals surface area contributed by atoms with Crippen LogP contribution in [-0.4, -0.2) is 28.3 Å². The summed E-state index contributed by atoms with van der Waals surface area (Å²) in [5.41, 5.74) is 0.772. The molecule has 1 aromatic rings. The number of carbonyl (C=O) groups is 1. The number of aromatic nitrogens is 2. The fourth-order valence-electron chi connectivity index (χ4n) is 2.22. The van der Waals surface area contributed by atoms with Gasteiger partial charge in [0.05, 0.1) is 17.9 Å². The molecule has 0 bridgehead atoms. The summed E-state index contributed by atoms with van der Waals surface area (Å²) < 4.78 is 1.84. The Hall–Kier alpha value is -1.36. The molecule has 1 saturated heterocycles. The molecule has 1 amide bonds. The van der Waals surface area contributed by atoms with Crippen molar-refractivity contribution in [2.45, 2.75) is 45.7 Å². The molecule has 1 fully saturated rings. The Balaban J connectivity index is 1.93. The smallest absolute Gasteiger partial charge is 0.241 e. The molecule has 1 aromatic heterocycles. The maximum Gasteiger partial charge on any atom is 0.241 e. The molecule has 0 radical (unpaired) electrons. The molecule has 100 valence electrons. The number of rotatable bonds is 3. The van der Waals surface area contributed by atoms with Crippen LogP contribution in [0.3, 0.4) is 0 Å². The lowest BCUT2D eigenvalue weighted by Gasteiger charge is -2.26. The lowest BCUT2D eigenvalue weighted by Crippen LogP contribution is -2.45. The molecule has 2 heterocycles. The Morgan fingerprint density at radius 3 is 3.00 bits per heavy atom. The first-order valence-corrected chi connectivity index (χ1v) is 6.64. The second-order valence-electron chi connectivity index (χ2n) is 5.43. The first-order chi connectivity index (χ1) is 8.56. The Morgan fingerprint density at radius 1 is 1.61 bits per heavy atom. The maximum absolute atomic E-state index is 12.1. The highest BCUT2D eigenvalue weighted by molar-refractivity contribution is 5.94. The van der Waals surface area contributed by atoms with Crippen molar-refractivity contribution in [3.8, 4) is 0 Å². The van der Waals surface area contributed by atoms with Crippen LogP contribution in [0.15, 0.2) is 12.4 Å². The molecule has 0 aliphatic carbocycles. The Bertz CT molecular complexity index is 413. The van der Waals surface area contributed by atoms with Crippen molar-refractivity contribution in [1.82, 2.24) is 15.1 Å². The number of carbonyl (C=O) groups excluding carboxylic acids is 1. The summed E-state index contributed by atoms with van der Waals surface area (Å²) in [6, 6.07) is 0.236. The van der Waals surface area contributed by atoms with Gasteiger partial charge in [-0.2, -0.15) is 5.10 Å². The van der Waals surface area contributed by atoms with Crippen LogP contribution < -0.4 is 10.6 Å². The Labute approximate surface area is 108 Å². The molecular weight excluding hydrogens is 228 g/mol. The second-order valence-corrected chi connectivity index (χ2v) is 5.43. The molecule has 5 nitrogen and oxygen atoms in total. The molecule has 5 heteroatoms. The van der Waals surface area contributed by atoms with E-state index in [1.54, 1.807) is 6.20 Å². The van der Waals surface area contributed by atoms with Gasteiger partial charge in [0, 0.05) is 12.2 Å². The number of hydrogen-bond donors (Lipinski definition) is 2. The highest BCUT2D eigenvalue weighted by Crippen LogP contribution is 2.17. The van der Waals surface area contributed by atoms with Gasteiger partial charge in [-0.1, -0.05) is 6.92 Å². The van der Waals surface area contributed by atoms with E-state index in [1.807, 2.05) is 10.9 Å². The molecule has 2 rings (SSSR count). The summed E-state index contributed by atoms with van der Waals surface area (Å²) in [7, 11) is 0.